The van der Waals surface area contributed by atoms with Gasteiger partial charge in [0.15, 0.2) is 11.5 Å². The first-order valence-electron chi connectivity index (χ1n) is 13.4. The van der Waals surface area contributed by atoms with Gasteiger partial charge in [0.2, 0.25) is 0 Å². The lowest BCUT2D eigenvalue weighted by Gasteiger charge is -2.28. The van der Waals surface area contributed by atoms with Crippen molar-refractivity contribution in [1.82, 2.24) is 0 Å². The van der Waals surface area contributed by atoms with Crippen LogP contribution in [-0.4, -0.2) is 54.2 Å². The highest BCUT2D eigenvalue weighted by Gasteiger charge is 2.33. The van der Waals surface area contributed by atoms with Crippen LogP contribution in [0.25, 0.3) is 0 Å². The highest BCUT2D eigenvalue weighted by Crippen LogP contribution is 2.36. The SMILES string of the molecule is CCCC(C)OC(=O)Oc1ccc(C(C(C)COC(=O)C(C)C)[C@H](N)C(=O)O)cc1OC(=O)OC(C)CCC. The summed E-state index contributed by atoms with van der Waals surface area (Å²) < 4.78 is 26.5. The van der Waals surface area contributed by atoms with Crippen molar-refractivity contribution < 1.29 is 48.0 Å². The number of carbonyl (C=O) groups excluding carboxylic acids is 3. The Kier molecular flexibility index (Phi) is 14.3. The number of rotatable bonds is 15. The lowest BCUT2D eigenvalue weighted by molar-refractivity contribution is -0.149. The van der Waals surface area contributed by atoms with Crippen molar-refractivity contribution in [3.8, 4) is 11.5 Å². The molecule has 0 saturated carbocycles. The van der Waals surface area contributed by atoms with Gasteiger partial charge in [-0.05, 0) is 50.3 Å². The summed E-state index contributed by atoms with van der Waals surface area (Å²) in [6.07, 6.45) is 0.00771. The number of ether oxygens (including phenoxy) is 5. The normalized spacial score (nSPS) is 14.9. The summed E-state index contributed by atoms with van der Waals surface area (Å²) in [6, 6.07) is 2.84. The third-order valence-electron chi connectivity index (χ3n) is 5.97. The Morgan fingerprint density at radius 3 is 1.82 bits per heavy atom. The van der Waals surface area contributed by atoms with Crippen molar-refractivity contribution >= 4 is 24.2 Å². The smallest absolute Gasteiger partial charge is 0.480 e. The fourth-order valence-electron chi connectivity index (χ4n) is 3.91. The maximum atomic E-state index is 12.5. The minimum absolute atomic E-state index is 0.0880. The van der Waals surface area contributed by atoms with Crippen LogP contribution < -0.4 is 15.2 Å². The molecule has 0 saturated heterocycles. The summed E-state index contributed by atoms with van der Waals surface area (Å²) >= 11 is 0. The van der Waals surface area contributed by atoms with Gasteiger partial charge in [0.25, 0.3) is 0 Å². The summed E-state index contributed by atoms with van der Waals surface area (Å²) in [5.41, 5.74) is 6.40. The van der Waals surface area contributed by atoms with Crippen molar-refractivity contribution in [1.29, 1.82) is 0 Å². The van der Waals surface area contributed by atoms with Crippen LogP contribution in [0, 0.1) is 11.8 Å². The number of nitrogens with two attached hydrogens (primary N) is 1. The van der Waals surface area contributed by atoms with E-state index in [1.54, 1.807) is 34.6 Å². The minimum atomic E-state index is -1.38. The van der Waals surface area contributed by atoms with E-state index in [1.165, 1.54) is 18.2 Å². The van der Waals surface area contributed by atoms with E-state index in [0.29, 0.717) is 18.4 Å². The van der Waals surface area contributed by atoms with Gasteiger partial charge in [-0.25, -0.2) is 9.59 Å². The number of carbonyl (C=O) groups is 4. The van der Waals surface area contributed by atoms with E-state index in [1.807, 2.05) is 13.8 Å². The minimum Gasteiger partial charge on any atom is -0.480 e. The van der Waals surface area contributed by atoms with Crippen LogP contribution in [-0.2, 0) is 23.8 Å². The zero-order valence-corrected chi connectivity index (χ0v) is 23.9. The maximum absolute atomic E-state index is 12.5. The molecular weight excluding hydrogens is 510 g/mol. The number of esters is 1. The number of benzene rings is 1. The Morgan fingerprint density at radius 2 is 1.36 bits per heavy atom. The van der Waals surface area contributed by atoms with Gasteiger partial charge in [0.05, 0.1) is 12.5 Å². The van der Waals surface area contributed by atoms with E-state index in [4.69, 9.17) is 29.4 Å². The van der Waals surface area contributed by atoms with Crippen LogP contribution in [0.5, 0.6) is 11.5 Å². The summed E-state index contributed by atoms with van der Waals surface area (Å²) in [6.45, 7) is 12.3. The van der Waals surface area contributed by atoms with Gasteiger partial charge in [-0.2, -0.15) is 0 Å². The van der Waals surface area contributed by atoms with Crippen molar-refractivity contribution in [3.63, 3.8) is 0 Å². The molecule has 11 heteroatoms. The predicted octanol–water partition coefficient (Wildman–Crippen LogP) is 5.43. The molecule has 0 radical (unpaired) electrons. The molecule has 0 aromatic heterocycles. The molecule has 220 valence electrons. The molecular formula is C28H43NO10. The molecule has 1 aromatic carbocycles. The zero-order valence-electron chi connectivity index (χ0n) is 23.9. The van der Waals surface area contributed by atoms with Gasteiger partial charge in [0.1, 0.15) is 18.2 Å². The number of carboxylic acid groups (broad SMARTS) is 1. The fourth-order valence-corrected chi connectivity index (χ4v) is 3.91. The van der Waals surface area contributed by atoms with Crippen molar-refractivity contribution in [3.05, 3.63) is 23.8 Å². The monoisotopic (exact) mass is 553 g/mol. The topological polar surface area (TPSA) is 161 Å². The van der Waals surface area contributed by atoms with E-state index >= 15 is 0 Å². The molecule has 0 heterocycles. The van der Waals surface area contributed by atoms with Crippen molar-refractivity contribution in [2.24, 2.45) is 17.6 Å². The zero-order chi connectivity index (χ0) is 29.7. The first-order valence-corrected chi connectivity index (χ1v) is 13.4. The van der Waals surface area contributed by atoms with E-state index < -0.39 is 54.3 Å². The highest BCUT2D eigenvalue weighted by molar-refractivity contribution is 5.75. The molecule has 0 spiro atoms. The second-order valence-corrected chi connectivity index (χ2v) is 10.00. The van der Waals surface area contributed by atoms with Crippen LogP contribution in [0.4, 0.5) is 9.59 Å². The maximum Gasteiger partial charge on any atom is 0.514 e. The summed E-state index contributed by atoms with van der Waals surface area (Å²) in [5, 5.41) is 9.67. The molecule has 1 aromatic rings. The number of aliphatic carboxylic acids is 1. The standard InChI is InChI=1S/C28H43NO10/c1-8-10-18(6)36-27(33)38-21-13-12-20(14-22(21)39-28(34)37-19(7)11-9-2)23(24(29)25(30)31)17(5)15-35-26(32)16(3)4/h12-14,16-19,23-24H,8-11,15,29H2,1-7H3,(H,30,31)/t17?,18?,19?,23?,24-/m0/s1. The highest BCUT2D eigenvalue weighted by atomic mass is 16.7. The molecule has 5 atom stereocenters. The number of hydrogen-bond donors (Lipinski definition) is 2. The molecule has 4 unspecified atom stereocenters. The van der Waals surface area contributed by atoms with E-state index in [9.17, 15) is 24.3 Å². The Labute approximate surface area is 230 Å². The van der Waals surface area contributed by atoms with E-state index in [-0.39, 0.29) is 24.0 Å². The lowest BCUT2D eigenvalue weighted by Crippen LogP contribution is -2.40. The first-order chi connectivity index (χ1) is 18.3. The van der Waals surface area contributed by atoms with Gasteiger partial charge in [-0.3, -0.25) is 9.59 Å². The van der Waals surface area contributed by atoms with Gasteiger partial charge >= 0.3 is 24.2 Å². The lowest BCUT2D eigenvalue weighted by atomic mass is 9.82. The quantitative estimate of drug-likeness (QED) is 0.162. The first kappa shape index (κ1) is 33.7. The molecule has 0 amide bonds. The second kappa shape index (κ2) is 16.6. The molecule has 0 aliphatic carbocycles. The summed E-state index contributed by atoms with van der Waals surface area (Å²) in [7, 11) is 0. The molecule has 11 nitrogen and oxygen atoms in total. The largest absolute Gasteiger partial charge is 0.514 e. The Balaban J connectivity index is 3.38. The molecule has 0 fully saturated rings. The molecule has 1 rings (SSSR count). The second-order valence-electron chi connectivity index (χ2n) is 10.00. The fraction of sp³-hybridized carbons (Fsp3) is 0.643. The Hall–Kier alpha value is -3.34. The summed E-state index contributed by atoms with van der Waals surface area (Å²) in [5.74, 6) is -3.77. The van der Waals surface area contributed by atoms with Crippen molar-refractivity contribution in [2.75, 3.05) is 6.61 Å². The summed E-state index contributed by atoms with van der Waals surface area (Å²) in [4.78, 5) is 48.7. The molecule has 3 N–H and O–H groups in total. The average Bonchev–Trinajstić information content (AvgIpc) is 2.83. The van der Waals surface area contributed by atoms with Gasteiger partial charge in [-0.15, -0.1) is 0 Å². The Morgan fingerprint density at radius 1 is 0.846 bits per heavy atom. The van der Waals surface area contributed by atoms with Gasteiger partial charge in [-0.1, -0.05) is 53.5 Å². The predicted molar refractivity (Wildman–Crippen MR) is 143 cm³/mol. The molecule has 39 heavy (non-hydrogen) atoms. The van der Waals surface area contributed by atoms with Crippen LogP contribution in [0.1, 0.15) is 85.6 Å². The molecule has 0 aliphatic heterocycles. The average molecular weight is 554 g/mol. The van der Waals surface area contributed by atoms with Crippen molar-refractivity contribution in [2.45, 2.75) is 98.3 Å². The van der Waals surface area contributed by atoms with Crippen LogP contribution in [0.2, 0.25) is 0 Å². The third-order valence-corrected chi connectivity index (χ3v) is 5.97. The van der Waals surface area contributed by atoms with Gasteiger partial charge in [0, 0.05) is 5.92 Å². The molecule has 0 bridgehead atoms. The number of hydrogen-bond acceptors (Lipinski definition) is 10. The molecule has 0 aliphatic rings. The van der Waals surface area contributed by atoms with Crippen LogP contribution in [0.3, 0.4) is 0 Å². The third kappa shape index (κ3) is 11.5. The van der Waals surface area contributed by atoms with E-state index in [0.717, 1.165) is 12.8 Å². The Bertz CT molecular complexity index is 964. The van der Waals surface area contributed by atoms with Crippen LogP contribution >= 0.6 is 0 Å². The van der Waals surface area contributed by atoms with Gasteiger partial charge < -0.3 is 34.5 Å². The van der Waals surface area contributed by atoms with Crippen LogP contribution in [0.15, 0.2) is 18.2 Å². The van der Waals surface area contributed by atoms with E-state index in [2.05, 4.69) is 0 Å². The number of carboxylic acids is 1.